The Kier molecular flexibility index (Phi) is 5.56. The molecule has 1 saturated heterocycles. The van der Waals surface area contributed by atoms with Gasteiger partial charge in [-0.1, -0.05) is 43.1 Å². The summed E-state index contributed by atoms with van der Waals surface area (Å²) < 4.78 is 6.03. The molecule has 0 aliphatic carbocycles. The summed E-state index contributed by atoms with van der Waals surface area (Å²) in [5, 5.41) is 1.68. The number of fused-ring (bicyclic) bond motifs is 1. The fourth-order valence-electron chi connectivity index (χ4n) is 3.32. The van der Waals surface area contributed by atoms with Crippen LogP contribution in [0.4, 0.5) is 0 Å². The van der Waals surface area contributed by atoms with E-state index in [1.807, 2.05) is 0 Å². The summed E-state index contributed by atoms with van der Waals surface area (Å²) in [7, 11) is 0. The van der Waals surface area contributed by atoms with Gasteiger partial charge in [-0.15, -0.1) is 11.3 Å². The van der Waals surface area contributed by atoms with Crippen LogP contribution in [0.5, 0.6) is 0 Å². The molecule has 4 nitrogen and oxygen atoms in total. The molecule has 0 radical (unpaired) electrons. The summed E-state index contributed by atoms with van der Waals surface area (Å²) in [5.41, 5.74) is 0. The average Bonchev–Trinajstić information content (AvgIpc) is 2.87. The summed E-state index contributed by atoms with van der Waals surface area (Å²) in [5.74, 6) is 0.191. The lowest BCUT2D eigenvalue weighted by atomic mass is 9.92. The van der Waals surface area contributed by atoms with E-state index in [0.29, 0.717) is 39.8 Å². The summed E-state index contributed by atoms with van der Waals surface area (Å²) in [6.07, 6.45) is 1.11. The van der Waals surface area contributed by atoms with Crippen LogP contribution in [0.25, 0.3) is 10.1 Å². The van der Waals surface area contributed by atoms with Crippen LogP contribution < -0.4 is 0 Å². The third-order valence-electron chi connectivity index (χ3n) is 4.33. The Bertz CT molecular complexity index is 810. The number of hydrogen-bond acceptors (Lipinski definition) is 4. The zero-order valence-corrected chi connectivity index (χ0v) is 16.4. The van der Waals surface area contributed by atoms with Gasteiger partial charge in [-0.2, -0.15) is 0 Å². The molecule has 0 saturated carbocycles. The lowest BCUT2D eigenvalue weighted by Crippen LogP contribution is -2.44. The summed E-state index contributed by atoms with van der Waals surface area (Å²) >= 11 is 13.5. The molecule has 0 unspecified atom stereocenters. The number of rotatable bonds is 3. The van der Waals surface area contributed by atoms with Gasteiger partial charge in [0.2, 0.25) is 0 Å². The molecule has 1 aromatic heterocycles. The zero-order chi connectivity index (χ0) is 18.1. The number of carbonyl (C=O) groups is 2. The number of halogens is 2. The van der Waals surface area contributed by atoms with E-state index < -0.39 is 5.97 Å². The number of hydrogen-bond donors (Lipinski definition) is 0. The van der Waals surface area contributed by atoms with Crippen molar-refractivity contribution in [2.75, 3.05) is 19.7 Å². The van der Waals surface area contributed by atoms with Crippen molar-refractivity contribution in [3.05, 3.63) is 33.1 Å². The minimum Gasteiger partial charge on any atom is -0.451 e. The second-order valence-electron chi connectivity index (χ2n) is 6.71. The smallest absolute Gasteiger partial charge is 0.350 e. The molecule has 2 aromatic rings. The molecule has 25 heavy (non-hydrogen) atoms. The largest absolute Gasteiger partial charge is 0.451 e. The van der Waals surface area contributed by atoms with Gasteiger partial charge >= 0.3 is 5.97 Å². The number of likely N-dealkylation sites (tertiary alicyclic amines) is 1. The monoisotopic (exact) mass is 399 g/mol. The van der Waals surface area contributed by atoms with Crippen molar-refractivity contribution in [2.45, 2.75) is 20.3 Å². The van der Waals surface area contributed by atoms with Crippen LogP contribution >= 0.6 is 34.5 Å². The van der Waals surface area contributed by atoms with Crippen LogP contribution in [0.15, 0.2) is 18.2 Å². The van der Waals surface area contributed by atoms with Crippen LogP contribution in [-0.2, 0) is 9.53 Å². The normalized spacial score (nSPS) is 20.7. The van der Waals surface area contributed by atoms with Gasteiger partial charge in [-0.25, -0.2) is 4.79 Å². The van der Waals surface area contributed by atoms with Crippen molar-refractivity contribution in [3.63, 3.8) is 0 Å². The van der Waals surface area contributed by atoms with E-state index in [2.05, 4.69) is 13.8 Å². The fraction of sp³-hybridized carbons (Fsp3) is 0.444. The van der Waals surface area contributed by atoms with Gasteiger partial charge in [0, 0.05) is 28.2 Å². The van der Waals surface area contributed by atoms with Gasteiger partial charge in [-0.05, 0) is 30.4 Å². The van der Waals surface area contributed by atoms with Crippen LogP contribution in [0.2, 0.25) is 10.0 Å². The third-order valence-corrected chi connectivity index (χ3v) is 6.20. The highest BCUT2D eigenvalue weighted by atomic mass is 35.5. The van der Waals surface area contributed by atoms with Gasteiger partial charge < -0.3 is 9.64 Å². The van der Waals surface area contributed by atoms with Crippen molar-refractivity contribution >= 4 is 56.5 Å². The molecule has 134 valence electrons. The van der Waals surface area contributed by atoms with Gasteiger partial charge in [0.25, 0.3) is 5.91 Å². The Morgan fingerprint density at radius 2 is 1.92 bits per heavy atom. The summed E-state index contributed by atoms with van der Waals surface area (Å²) in [6, 6.07) is 5.25. The molecule has 1 aromatic carbocycles. The van der Waals surface area contributed by atoms with Gasteiger partial charge in [0.05, 0.1) is 5.02 Å². The maximum Gasteiger partial charge on any atom is 0.350 e. The van der Waals surface area contributed by atoms with E-state index in [4.69, 9.17) is 27.9 Å². The minimum absolute atomic E-state index is 0.160. The number of amides is 1. The van der Waals surface area contributed by atoms with Crippen molar-refractivity contribution < 1.29 is 14.3 Å². The standard InChI is InChI=1S/C18H19Cl2NO3S/c1-10-5-11(2)8-21(7-10)15(22)9-24-18(23)17-16(20)13-4-3-12(19)6-14(13)25-17/h3-4,6,10-11H,5,7-9H2,1-2H3/t10-,11+. The molecule has 1 aliphatic rings. The Morgan fingerprint density at radius 1 is 1.24 bits per heavy atom. The summed E-state index contributed by atoms with van der Waals surface area (Å²) in [6.45, 7) is 5.42. The first-order chi connectivity index (χ1) is 11.8. The molecule has 0 spiro atoms. The molecule has 2 heterocycles. The predicted molar refractivity (Wildman–Crippen MR) is 102 cm³/mol. The Balaban J connectivity index is 1.66. The van der Waals surface area contributed by atoms with Crippen molar-refractivity contribution in [2.24, 2.45) is 11.8 Å². The Labute approximate surface area is 160 Å². The molecule has 1 fully saturated rings. The molecule has 1 amide bonds. The highest BCUT2D eigenvalue weighted by Gasteiger charge is 2.26. The van der Waals surface area contributed by atoms with Crippen molar-refractivity contribution in [3.8, 4) is 0 Å². The second-order valence-corrected chi connectivity index (χ2v) is 8.57. The topological polar surface area (TPSA) is 46.6 Å². The zero-order valence-electron chi connectivity index (χ0n) is 14.1. The maximum atomic E-state index is 12.3. The average molecular weight is 400 g/mol. The van der Waals surface area contributed by atoms with Crippen molar-refractivity contribution in [1.29, 1.82) is 0 Å². The summed E-state index contributed by atoms with van der Waals surface area (Å²) in [4.78, 5) is 26.7. The molecular formula is C18H19Cl2NO3S. The van der Waals surface area contributed by atoms with Crippen molar-refractivity contribution in [1.82, 2.24) is 4.90 Å². The molecule has 0 bridgehead atoms. The van der Waals surface area contributed by atoms with Crippen LogP contribution in [0, 0.1) is 11.8 Å². The number of ether oxygens (including phenoxy) is 1. The first-order valence-corrected chi connectivity index (χ1v) is 9.75. The Morgan fingerprint density at radius 3 is 2.60 bits per heavy atom. The highest BCUT2D eigenvalue weighted by molar-refractivity contribution is 7.21. The van der Waals surface area contributed by atoms with E-state index in [1.165, 1.54) is 11.3 Å². The number of benzene rings is 1. The van der Waals surface area contributed by atoms with Crippen LogP contribution in [0.3, 0.4) is 0 Å². The lowest BCUT2D eigenvalue weighted by molar-refractivity contribution is -0.137. The van der Waals surface area contributed by atoms with Crippen LogP contribution in [-0.4, -0.2) is 36.5 Å². The Hall–Kier alpha value is -1.30. The highest BCUT2D eigenvalue weighted by Crippen LogP contribution is 2.37. The van der Waals surface area contributed by atoms with E-state index in [0.717, 1.165) is 16.5 Å². The molecule has 0 N–H and O–H groups in total. The second kappa shape index (κ2) is 7.52. The minimum atomic E-state index is -0.575. The molecule has 3 rings (SSSR count). The number of esters is 1. The molecule has 7 heteroatoms. The van der Waals surface area contributed by atoms with E-state index in [1.54, 1.807) is 23.1 Å². The predicted octanol–water partition coefficient (Wildman–Crippen LogP) is 4.87. The third kappa shape index (κ3) is 4.10. The maximum absolute atomic E-state index is 12.3. The quantitative estimate of drug-likeness (QED) is 0.691. The lowest BCUT2D eigenvalue weighted by Gasteiger charge is -2.34. The fourth-order valence-corrected chi connectivity index (χ4v) is 5.00. The first-order valence-electron chi connectivity index (χ1n) is 8.17. The first kappa shape index (κ1) is 18.5. The van der Waals surface area contributed by atoms with Gasteiger partial charge in [0.1, 0.15) is 4.88 Å². The SMILES string of the molecule is C[C@@H]1C[C@H](C)CN(C(=O)COC(=O)c2sc3cc(Cl)ccc3c2Cl)C1. The number of carbonyl (C=O) groups excluding carboxylic acids is 2. The molecular weight excluding hydrogens is 381 g/mol. The van der Waals surface area contributed by atoms with Gasteiger partial charge in [-0.3, -0.25) is 4.79 Å². The molecule has 2 atom stereocenters. The van der Waals surface area contributed by atoms with E-state index in [9.17, 15) is 9.59 Å². The van der Waals surface area contributed by atoms with E-state index >= 15 is 0 Å². The molecule has 1 aliphatic heterocycles. The number of thiophene rings is 1. The number of nitrogens with zero attached hydrogens (tertiary/aromatic N) is 1. The van der Waals surface area contributed by atoms with Crippen LogP contribution in [0.1, 0.15) is 29.9 Å². The number of piperidine rings is 1. The van der Waals surface area contributed by atoms with Gasteiger partial charge in [0.15, 0.2) is 6.61 Å². The van der Waals surface area contributed by atoms with E-state index in [-0.39, 0.29) is 12.5 Å².